The second-order valence-electron chi connectivity index (χ2n) is 11.1. The van der Waals surface area contributed by atoms with Crippen molar-refractivity contribution in [3.8, 4) is 0 Å². The number of para-hydroxylation sites is 1. The van der Waals surface area contributed by atoms with Crippen LogP contribution >= 0.6 is 24.0 Å². The Morgan fingerprint density at radius 3 is 2.44 bits per heavy atom. The van der Waals surface area contributed by atoms with Crippen LogP contribution in [0.2, 0.25) is 5.02 Å². The minimum atomic E-state index is -1.17. The quantitative estimate of drug-likeness (QED) is 0.359. The first kappa shape index (κ1) is 32.1. The van der Waals surface area contributed by atoms with E-state index in [2.05, 4.69) is 10.3 Å². The van der Waals surface area contributed by atoms with Gasteiger partial charge >= 0.3 is 0 Å². The first-order valence-corrected chi connectivity index (χ1v) is 13.7. The highest BCUT2D eigenvalue weighted by molar-refractivity contribution is 6.30. The Balaban J connectivity index is 0.00000462. The maximum Gasteiger partial charge on any atom is 0.240 e. The minimum absolute atomic E-state index is 0. The van der Waals surface area contributed by atoms with Crippen LogP contribution in [-0.4, -0.2) is 48.3 Å². The molecule has 0 saturated heterocycles. The lowest BCUT2D eigenvalue weighted by Gasteiger charge is -2.37. The molecule has 0 fully saturated rings. The van der Waals surface area contributed by atoms with Gasteiger partial charge in [-0.2, -0.15) is 0 Å². The monoisotopic (exact) mass is 597 g/mol. The summed E-state index contributed by atoms with van der Waals surface area (Å²) in [6.45, 7) is 3.46. The van der Waals surface area contributed by atoms with Crippen molar-refractivity contribution in [3.05, 3.63) is 88.7 Å². The Morgan fingerprint density at radius 1 is 1.12 bits per heavy atom. The van der Waals surface area contributed by atoms with Gasteiger partial charge in [0.25, 0.3) is 0 Å². The minimum Gasteiger partial charge on any atom is -0.376 e. The number of pyridine rings is 1. The van der Waals surface area contributed by atoms with Crippen LogP contribution in [0.25, 0.3) is 0 Å². The molecular weight excluding hydrogens is 561 g/mol. The van der Waals surface area contributed by atoms with E-state index < -0.39 is 23.4 Å². The van der Waals surface area contributed by atoms with Gasteiger partial charge in [-0.05, 0) is 68.1 Å². The van der Waals surface area contributed by atoms with Crippen LogP contribution in [-0.2, 0) is 33.8 Å². The summed E-state index contributed by atoms with van der Waals surface area (Å²) in [5, 5.41) is 3.41. The van der Waals surface area contributed by atoms with E-state index in [0.717, 1.165) is 28.2 Å². The first-order valence-electron chi connectivity index (χ1n) is 13.3. The fourth-order valence-corrected chi connectivity index (χ4v) is 5.03. The third-order valence-corrected chi connectivity index (χ3v) is 7.31. The highest BCUT2D eigenvalue weighted by Crippen LogP contribution is 2.40. The molecule has 0 saturated carbocycles. The molecule has 2 atom stereocenters. The van der Waals surface area contributed by atoms with Gasteiger partial charge in [-0.1, -0.05) is 41.9 Å². The number of rotatable bonds is 10. The number of Topliss-reactive ketones (excluding diaryl/α,β-unsaturated/α-hetero) is 1. The van der Waals surface area contributed by atoms with Crippen molar-refractivity contribution in [1.29, 1.82) is 0 Å². The predicted octanol–water partition coefficient (Wildman–Crippen LogP) is 4.35. The number of carbonyl (C=O) groups is 3. The zero-order valence-electron chi connectivity index (χ0n) is 23.8. The van der Waals surface area contributed by atoms with Gasteiger partial charge in [-0.25, -0.2) is 0 Å². The van der Waals surface area contributed by atoms with Crippen LogP contribution < -0.4 is 20.9 Å². The fourth-order valence-electron chi connectivity index (χ4n) is 4.90. The molecule has 0 radical (unpaired) electrons. The number of aromatic nitrogens is 1. The van der Waals surface area contributed by atoms with E-state index >= 15 is 0 Å². The number of halogens is 2. The smallest absolute Gasteiger partial charge is 0.240 e. The summed E-state index contributed by atoms with van der Waals surface area (Å²) >= 11 is 6.04. The molecule has 1 aliphatic rings. The van der Waals surface area contributed by atoms with Crippen molar-refractivity contribution in [1.82, 2.24) is 10.3 Å². The van der Waals surface area contributed by atoms with Gasteiger partial charge in [0, 0.05) is 37.7 Å². The number of ketones is 1. The normalized spacial score (nSPS) is 15.4. The average Bonchev–Trinajstić information content (AvgIpc) is 2.91. The van der Waals surface area contributed by atoms with E-state index in [0.29, 0.717) is 11.4 Å². The third-order valence-electron chi connectivity index (χ3n) is 7.06. The molecular formula is C31H37Cl2N5O3. The van der Waals surface area contributed by atoms with Crippen LogP contribution in [0.1, 0.15) is 37.1 Å². The number of fused-ring (bicyclic) bond motifs is 1. The van der Waals surface area contributed by atoms with Gasteiger partial charge in [0.2, 0.25) is 11.8 Å². The van der Waals surface area contributed by atoms with E-state index in [1.165, 1.54) is 0 Å². The zero-order chi connectivity index (χ0) is 29.0. The lowest BCUT2D eigenvalue weighted by Crippen LogP contribution is -2.55. The van der Waals surface area contributed by atoms with Crippen molar-refractivity contribution in [2.24, 2.45) is 11.7 Å². The van der Waals surface area contributed by atoms with Crippen molar-refractivity contribution in [2.45, 2.75) is 51.2 Å². The molecule has 218 valence electrons. The molecule has 0 spiro atoms. The second-order valence-corrected chi connectivity index (χ2v) is 11.5. The number of hydrogen-bond acceptors (Lipinski definition) is 6. The molecule has 4 rings (SSSR count). The maximum absolute atomic E-state index is 14.0. The van der Waals surface area contributed by atoms with Crippen LogP contribution in [0, 0.1) is 5.92 Å². The third kappa shape index (κ3) is 7.85. The number of anilines is 2. The maximum atomic E-state index is 14.0. The number of nitrogens with two attached hydrogens (primary N) is 1. The molecule has 2 amide bonds. The summed E-state index contributed by atoms with van der Waals surface area (Å²) < 4.78 is 0. The van der Waals surface area contributed by atoms with Crippen LogP contribution in [0.15, 0.2) is 66.9 Å². The van der Waals surface area contributed by atoms with Crippen LogP contribution in [0.4, 0.5) is 11.4 Å². The largest absolute Gasteiger partial charge is 0.376 e. The van der Waals surface area contributed by atoms with Crippen molar-refractivity contribution in [3.63, 3.8) is 0 Å². The molecule has 3 N–H and O–H groups in total. The number of nitrogens with zero attached hydrogens (tertiary/aromatic N) is 3. The molecule has 8 nitrogen and oxygen atoms in total. The predicted molar refractivity (Wildman–Crippen MR) is 166 cm³/mol. The summed E-state index contributed by atoms with van der Waals surface area (Å²) in [7, 11) is 3.88. The van der Waals surface area contributed by atoms with Gasteiger partial charge in [0.1, 0.15) is 0 Å². The van der Waals surface area contributed by atoms with E-state index in [1.807, 2.05) is 67.5 Å². The molecule has 0 aliphatic carbocycles. The number of carbonyl (C=O) groups excluding carboxylic acids is 3. The molecule has 3 aromatic rings. The van der Waals surface area contributed by atoms with Crippen molar-refractivity contribution >= 4 is 53.0 Å². The highest BCUT2D eigenvalue weighted by atomic mass is 35.5. The van der Waals surface area contributed by atoms with Crippen molar-refractivity contribution in [2.75, 3.05) is 23.9 Å². The summed E-state index contributed by atoms with van der Waals surface area (Å²) in [4.78, 5) is 48.7. The number of nitrogens with one attached hydrogen (secondary N) is 1. The highest BCUT2D eigenvalue weighted by Gasteiger charge is 2.38. The standard InChI is InChI=1S/C31H36ClN5O3.ClH/c1-31(2,33)30(40)35-25(16-20-11-13-23(32)14-12-20)27(38)18-22-17-21-8-7-10-26(36(3)4)28(21)37(29(22)39)19-24-9-5-6-15-34-24;/h5-15,22,25H,16-19,33H2,1-4H3,(H,35,40);1H/t22?,25-;/m1./s1. The Bertz CT molecular complexity index is 1370. The zero-order valence-corrected chi connectivity index (χ0v) is 25.3. The Labute approximate surface area is 252 Å². The second kappa shape index (κ2) is 13.5. The van der Waals surface area contributed by atoms with Gasteiger partial charge in [-0.15, -0.1) is 12.4 Å². The van der Waals surface area contributed by atoms with E-state index in [1.54, 1.807) is 37.1 Å². The van der Waals surface area contributed by atoms with E-state index in [9.17, 15) is 14.4 Å². The van der Waals surface area contributed by atoms with Crippen molar-refractivity contribution < 1.29 is 14.4 Å². The van der Waals surface area contributed by atoms with E-state index in [-0.39, 0.29) is 43.5 Å². The lowest BCUT2D eigenvalue weighted by molar-refractivity contribution is -0.132. The van der Waals surface area contributed by atoms with Gasteiger partial charge in [-0.3, -0.25) is 19.4 Å². The molecule has 41 heavy (non-hydrogen) atoms. The molecule has 2 aromatic carbocycles. The Morgan fingerprint density at radius 2 is 1.83 bits per heavy atom. The van der Waals surface area contributed by atoms with Crippen LogP contribution in [0.3, 0.4) is 0 Å². The van der Waals surface area contributed by atoms with Gasteiger partial charge in [0.15, 0.2) is 5.78 Å². The topological polar surface area (TPSA) is 109 Å². The average molecular weight is 599 g/mol. The van der Waals surface area contributed by atoms with E-state index in [4.69, 9.17) is 17.3 Å². The van der Waals surface area contributed by atoms with Gasteiger partial charge in [0.05, 0.1) is 35.2 Å². The van der Waals surface area contributed by atoms with Crippen LogP contribution in [0.5, 0.6) is 0 Å². The molecule has 1 unspecified atom stereocenters. The fraction of sp³-hybridized carbons (Fsp3) is 0.355. The SMILES string of the molecule is CN(C)c1cccc2c1N(Cc1ccccn1)C(=O)C(CC(=O)[C@@H](Cc1ccc(Cl)cc1)NC(=O)C(C)(C)N)C2.Cl. The molecule has 1 aliphatic heterocycles. The number of hydrogen-bond donors (Lipinski definition) is 2. The number of benzene rings is 2. The first-order chi connectivity index (χ1) is 18.9. The summed E-state index contributed by atoms with van der Waals surface area (Å²) in [5.74, 6) is -1.39. The Hall–Kier alpha value is -3.46. The molecule has 10 heteroatoms. The summed E-state index contributed by atoms with van der Waals surface area (Å²) in [5.41, 5.74) is 9.18. The summed E-state index contributed by atoms with van der Waals surface area (Å²) in [6, 6.07) is 17.8. The van der Waals surface area contributed by atoms with Gasteiger partial charge < -0.3 is 20.9 Å². The molecule has 1 aromatic heterocycles. The number of amides is 2. The lowest BCUT2D eigenvalue weighted by atomic mass is 9.85. The summed E-state index contributed by atoms with van der Waals surface area (Å²) in [6.07, 6.45) is 2.36. The molecule has 0 bridgehead atoms. The molecule has 2 heterocycles. The Kier molecular flexibility index (Phi) is 10.5.